The number of nitrogens with one attached hydrogen (secondary N) is 1. The molecule has 5 nitrogen and oxygen atoms in total. The summed E-state index contributed by atoms with van der Waals surface area (Å²) < 4.78 is 0. The third-order valence-electron chi connectivity index (χ3n) is 6.57. The molecule has 4 rings (SSSR count). The van der Waals surface area contributed by atoms with E-state index in [2.05, 4.69) is 37.2 Å². The molecule has 30 heavy (non-hydrogen) atoms. The van der Waals surface area contributed by atoms with Crippen molar-refractivity contribution in [3.05, 3.63) is 28.2 Å². The highest BCUT2D eigenvalue weighted by atomic mass is 79.9. The molecule has 0 unspecified atom stereocenters. The van der Waals surface area contributed by atoms with Gasteiger partial charge in [0, 0.05) is 27.6 Å². The van der Waals surface area contributed by atoms with Gasteiger partial charge in [-0.2, -0.15) is 0 Å². The summed E-state index contributed by atoms with van der Waals surface area (Å²) >= 11 is 19.4. The van der Waals surface area contributed by atoms with Crippen LogP contribution in [0.1, 0.15) is 32.1 Å². The Morgan fingerprint density at radius 3 is 2.30 bits per heavy atom. The predicted octanol–water partition coefficient (Wildman–Crippen LogP) is 5.27. The maximum absolute atomic E-state index is 12.9. The van der Waals surface area contributed by atoms with Crippen molar-refractivity contribution in [2.75, 3.05) is 11.9 Å². The molecule has 1 aromatic carbocycles. The summed E-state index contributed by atoms with van der Waals surface area (Å²) in [6, 6.07) is 4.92. The Labute approximate surface area is 202 Å². The first-order valence-corrected chi connectivity index (χ1v) is 12.8. The van der Waals surface area contributed by atoms with Crippen LogP contribution in [0, 0.1) is 23.7 Å². The fraction of sp³-hybridized carbons (Fsp3) is 0.571. The van der Waals surface area contributed by atoms with Gasteiger partial charge in [-0.3, -0.25) is 19.3 Å². The second kappa shape index (κ2) is 9.08. The van der Waals surface area contributed by atoms with Crippen LogP contribution in [0.25, 0.3) is 0 Å². The average Bonchev–Trinajstić information content (AvgIpc) is 3.30. The lowest BCUT2D eigenvalue weighted by atomic mass is 9.81. The summed E-state index contributed by atoms with van der Waals surface area (Å²) in [4.78, 5) is 39.8. The second-order valence-electron chi connectivity index (χ2n) is 8.31. The number of halogens is 4. The molecule has 3 fully saturated rings. The zero-order valence-electron chi connectivity index (χ0n) is 16.1. The summed E-state index contributed by atoms with van der Waals surface area (Å²) in [6.45, 7) is 0.436. The number of hydrogen-bond donors (Lipinski definition) is 1. The Hall–Kier alpha value is -0.630. The smallest absolute Gasteiger partial charge is 0.233 e. The van der Waals surface area contributed by atoms with Gasteiger partial charge in [0.05, 0.1) is 22.5 Å². The third kappa shape index (κ3) is 4.07. The third-order valence-corrected chi connectivity index (χ3v) is 10.3. The molecular weight excluding hydrogens is 559 g/mol. The zero-order valence-corrected chi connectivity index (χ0v) is 20.8. The van der Waals surface area contributed by atoms with Crippen molar-refractivity contribution >= 4 is 78.5 Å². The van der Waals surface area contributed by atoms with E-state index < -0.39 is 0 Å². The molecule has 2 bridgehead atoms. The molecule has 1 aromatic rings. The van der Waals surface area contributed by atoms with Crippen molar-refractivity contribution < 1.29 is 14.4 Å². The molecular formula is C21H22Br2Cl2N2O3. The van der Waals surface area contributed by atoms with Crippen molar-refractivity contribution in [1.82, 2.24) is 4.90 Å². The van der Waals surface area contributed by atoms with E-state index >= 15 is 0 Å². The van der Waals surface area contributed by atoms with Crippen LogP contribution in [0.3, 0.4) is 0 Å². The maximum Gasteiger partial charge on any atom is 0.233 e. The first-order chi connectivity index (χ1) is 14.3. The molecule has 0 aromatic heterocycles. The van der Waals surface area contributed by atoms with Gasteiger partial charge in [-0.15, -0.1) is 0 Å². The molecule has 9 heteroatoms. The lowest BCUT2D eigenvalue weighted by Gasteiger charge is -2.28. The van der Waals surface area contributed by atoms with Crippen molar-refractivity contribution in [3.63, 3.8) is 0 Å². The number of carbonyl (C=O) groups is 3. The second-order valence-corrected chi connectivity index (χ2v) is 11.3. The van der Waals surface area contributed by atoms with E-state index in [1.807, 2.05) is 0 Å². The molecule has 0 spiro atoms. The zero-order chi connectivity index (χ0) is 21.6. The topological polar surface area (TPSA) is 66.5 Å². The van der Waals surface area contributed by atoms with Crippen LogP contribution >= 0.6 is 55.1 Å². The Morgan fingerprint density at radius 1 is 1.03 bits per heavy atom. The van der Waals surface area contributed by atoms with E-state index in [9.17, 15) is 14.4 Å². The van der Waals surface area contributed by atoms with E-state index in [0.29, 0.717) is 41.5 Å². The Bertz CT molecular complexity index is 852. The molecule has 2 aliphatic carbocycles. The van der Waals surface area contributed by atoms with Crippen molar-refractivity contribution in [2.45, 2.75) is 41.8 Å². The lowest BCUT2D eigenvalue weighted by molar-refractivity contribution is -0.140. The normalized spacial score (nSPS) is 32.1. The minimum absolute atomic E-state index is 0.00492. The fourth-order valence-electron chi connectivity index (χ4n) is 5.17. The van der Waals surface area contributed by atoms with Gasteiger partial charge in [0.1, 0.15) is 0 Å². The highest BCUT2D eigenvalue weighted by molar-refractivity contribution is 9.12. The molecule has 1 aliphatic heterocycles. The Morgan fingerprint density at radius 2 is 1.67 bits per heavy atom. The van der Waals surface area contributed by atoms with Gasteiger partial charge < -0.3 is 5.32 Å². The molecule has 0 radical (unpaired) electrons. The number of unbranched alkanes of at least 4 members (excludes halogenated alkanes) is 2. The van der Waals surface area contributed by atoms with Crippen molar-refractivity contribution in [2.24, 2.45) is 23.7 Å². The van der Waals surface area contributed by atoms with Crippen LogP contribution in [0.2, 0.25) is 10.0 Å². The van der Waals surface area contributed by atoms with Crippen LogP contribution in [0.15, 0.2) is 18.2 Å². The van der Waals surface area contributed by atoms with Crippen LogP contribution in [-0.4, -0.2) is 38.8 Å². The number of hydrogen-bond acceptors (Lipinski definition) is 3. The standard InChI is InChI=1S/C21H22Br2Cl2N2O3/c22-18-11-9-12(19(18)23)17-16(11)20(29)27(21(17)30)7-3-1-2-4-15(28)26-14-8-10(24)5-6-13(14)25/h5-6,8,11-12,16-19H,1-4,7,9H2,(H,26,28)/t11-,12-,16-,17-,18-,19+/m0/s1. The van der Waals surface area contributed by atoms with Gasteiger partial charge in [-0.1, -0.05) is 61.5 Å². The van der Waals surface area contributed by atoms with E-state index in [4.69, 9.17) is 23.2 Å². The summed E-state index contributed by atoms with van der Waals surface area (Å²) in [5.41, 5.74) is 0.499. The van der Waals surface area contributed by atoms with Gasteiger partial charge in [0.15, 0.2) is 0 Å². The minimum atomic E-state index is -0.158. The van der Waals surface area contributed by atoms with Gasteiger partial charge in [0.2, 0.25) is 17.7 Å². The van der Waals surface area contributed by atoms with Crippen LogP contribution in [-0.2, 0) is 14.4 Å². The molecule has 6 atom stereocenters. The number of nitrogens with zero attached hydrogens (tertiary/aromatic N) is 1. The predicted molar refractivity (Wildman–Crippen MR) is 124 cm³/mol. The average molecular weight is 581 g/mol. The lowest BCUT2D eigenvalue weighted by Crippen LogP contribution is -2.37. The number of benzene rings is 1. The number of anilines is 1. The van der Waals surface area contributed by atoms with Crippen LogP contribution in [0.4, 0.5) is 5.69 Å². The van der Waals surface area contributed by atoms with Crippen molar-refractivity contribution in [1.29, 1.82) is 0 Å². The number of alkyl halides is 2. The number of fused-ring (bicyclic) bond motifs is 5. The fourth-order valence-corrected chi connectivity index (χ4v) is 7.38. The number of rotatable bonds is 7. The number of imide groups is 1. The highest BCUT2D eigenvalue weighted by Crippen LogP contribution is 2.60. The van der Waals surface area contributed by atoms with Crippen LogP contribution in [0.5, 0.6) is 0 Å². The first kappa shape index (κ1) is 22.6. The van der Waals surface area contributed by atoms with Crippen molar-refractivity contribution in [3.8, 4) is 0 Å². The molecule has 2 saturated carbocycles. The monoisotopic (exact) mass is 578 g/mol. The Kier molecular flexibility index (Phi) is 6.83. The summed E-state index contributed by atoms with van der Waals surface area (Å²) in [5.74, 6) is 0.0261. The van der Waals surface area contributed by atoms with E-state index in [-0.39, 0.29) is 51.0 Å². The molecule has 3 amide bonds. The molecule has 1 N–H and O–H groups in total. The summed E-state index contributed by atoms with van der Waals surface area (Å²) in [5, 5.41) is 3.71. The largest absolute Gasteiger partial charge is 0.325 e. The van der Waals surface area contributed by atoms with Gasteiger partial charge in [0.25, 0.3) is 0 Å². The Balaban J connectivity index is 1.22. The number of likely N-dealkylation sites (tertiary alicyclic amines) is 1. The first-order valence-electron chi connectivity index (χ1n) is 10.2. The van der Waals surface area contributed by atoms with Gasteiger partial charge >= 0.3 is 0 Å². The maximum atomic E-state index is 12.9. The van der Waals surface area contributed by atoms with Gasteiger partial charge in [-0.25, -0.2) is 0 Å². The SMILES string of the molecule is O=C(CCCCCN1C(=O)[C@H]2[C@@H]3C[C@H]([C@@H](Br)[C@H]3Br)[C@@H]2C1=O)Nc1cc(Cl)ccc1Cl. The quantitative estimate of drug-likeness (QED) is 0.271. The number of amides is 3. The molecule has 3 aliphatic rings. The van der Waals surface area contributed by atoms with E-state index in [0.717, 1.165) is 12.8 Å². The van der Waals surface area contributed by atoms with Crippen LogP contribution < -0.4 is 5.32 Å². The molecule has 162 valence electrons. The van der Waals surface area contributed by atoms with E-state index in [1.54, 1.807) is 18.2 Å². The molecule has 1 saturated heterocycles. The highest BCUT2D eigenvalue weighted by Gasteiger charge is 2.66. The summed E-state index contributed by atoms with van der Waals surface area (Å²) in [7, 11) is 0. The number of carbonyl (C=O) groups excluding carboxylic acids is 3. The van der Waals surface area contributed by atoms with E-state index in [1.165, 1.54) is 4.90 Å². The molecule has 1 heterocycles. The summed E-state index contributed by atoms with van der Waals surface area (Å²) in [6.07, 6.45) is 3.42. The minimum Gasteiger partial charge on any atom is -0.325 e. The van der Waals surface area contributed by atoms with Gasteiger partial charge in [-0.05, 0) is 49.3 Å².